The number of hydrogen-bond donors (Lipinski definition) is 1. The molecule has 1 aliphatic carbocycles. The van der Waals surface area contributed by atoms with Gasteiger partial charge < -0.3 is 5.11 Å². The highest BCUT2D eigenvalue weighted by atomic mass is 19.4. The van der Waals surface area contributed by atoms with Crippen LogP contribution in [0.1, 0.15) is 18.4 Å². The molecule has 5 heteroatoms. The molecule has 0 aliphatic heterocycles. The largest absolute Gasteiger partial charge is 0.478 e. The van der Waals surface area contributed by atoms with Gasteiger partial charge >= 0.3 is 12.1 Å². The Morgan fingerprint density at radius 2 is 1.80 bits per heavy atom. The van der Waals surface area contributed by atoms with Crippen LogP contribution in [0.4, 0.5) is 13.2 Å². The van der Waals surface area contributed by atoms with Crippen LogP contribution in [0.2, 0.25) is 0 Å². The second-order valence-electron chi connectivity index (χ2n) is 4.77. The summed E-state index contributed by atoms with van der Waals surface area (Å²) in [5.41, 5.74) is -0.417. The summed E-state index contributed by atoms with van der Waals surface area (Å²) < 4.78 is 38.3. The minimum atomic E-state index is -4.53. The molecule has 0 radical (unpaired) electrons. The first-order valence-electron chi connectivity index (χ1n) is 6.09. The molecule has 1 aromatic carbocycles. The molecule has 106 valence electrons. The van der Waals surface area contributed by atoms with Crippen molar-refractivity contribution in [2.24, 2.45) is 5.92 Å². The number of hydrogen-bond acceptors (Lipinski definition) is 1. The maximum atomic E-state index is 12.8. The van der Waals surface area contributed by atoms with Gasteiger partial charge in [-0.25, -0.2) is 4.79 Å². The van der Waals surface area contributed by atoms with Crippen molar-refractivity contribution in [3.8, 4) is 0 Å². The third kappa shape index (κ3) is 2.76. The normalized spacial score (nSPS) is 23.0. The third-order valence-corrected chi connectivity index (χ3v) is 3.35. The van der Waals surface area contributed by atoms with Gasteiger partial charge in [-0.2, -0.15) is 13.2 Å². The Morgan fingerprint density at radius 3 is 2.30 bits per heavy atom. The molecule has 0 saturated heterocycles. The molecule has 0 spiro atoms. The average molecular weight is 282 g/mol. The van der Waals surface area contributed by atoms with Gasteiger partial charge in [-0.15, -0.1) is 0 Å². The zero-order valence-electron chi connectivity index (χ0n) is 10.7. The molecule has 1 aliphatic rings. The predicted molar refractivity (Wildman–Crippen MR) is 68.2 cm³/mol. The fraction of sp³-hybridized carbons (Fsp3) is 0.267. The molecule has 1 N–H and O–H groups in total. The lowest BCUT2D eigenvalue weighted by molar-refractivity contribution is -0.133. The van der Waals surface area contributed by atoms with E-state index in [9.17, 15) is 23.1 Å². The van der Waals surface area contributed by atoms with E-state index in [1.807, 2.05) is 0 Å². The van der Waals surface area contributed by atoms with E-state index in [-0.39, 0.29) is 5.57 Å². The second kappa shape index (κ2) is 5.15. The average Bonchev–Trinajstić information content (AvgIpc) is 2.37. The summed E-state index contributed by atoms with van der Waals surface area (Å²) in [6.45, 7) is 1.60. The fourth-order valence-electron chi connectivity index (χ4n) is 2.48. The minimum absolute atomic E-state index is 0.224. The van der Waals surface area contributed by atoms with Gasteiger partial charge in [0.15, 0.2) is 0 Å². The van der Waals surface area contributed by atoms with Crippen LogP contribution in [0.15, 0.2) is 53.6 Å². The van der Waals surface area contributed by atoms with Crippen LogP contribution in [0.25, 0.3) is 0 Å². The first kappa shape index (κ1) is 14.4. The Bertz CT molecular complexity index is 571. The van der Waals surface area contributed by atoms with Gasteiger partial charge in [0, 0.05) is 11.5 Å². The number of carboxylic acids is 1. The van der Waals surface area contributed by atoms with Crippen LogP contribution in [0, 0.1) is 5.92 Å². The molecule has 0 heterocycles. The quantitative estimate of drug-likeness (QED) is 0.892. The van der Waals surface area contributed by atoms with Crippen LogP contribution in [0.5, 0.6) is 0 Å². The van der Waals surface area contributed by atoms with Crippen LogP contribution in [-0.4, -0.2) is 17.3 Å². The maximum absolute atomic E-state index is 12.8. The number of carboxylic acid groups (broad SMARTS) is 1. The van der Waals surface area contributed by atoms with Gasteiger partial charge in [0.1, 0.15) is 0 Å². The standard InChI is InChI=1S/C15H13F3O2/c1-9-7-11(15(16,17)18)8-12(14(19)20)13(9)10-5-3-2-4-6-10/h2-9,13H,1H3,(H,19,20). The van der Waals surface area contributed by atoms with E-state index < -0.39 is 29.6 Å². The number of benzene rings is 1. The SMILES string of the molecule is CC1C=C(C(F)(F)F)C=C(C(=O)O)C1c1ccccc1. The molecule has 0 bridgehead atoms. The monoisotopic (exact) mass is 282 g/mol. The zero-order valence-corrected chi connectivity index (χ0v) is 10.7. The number of aliphatic carboxylic acids is 1. The topological polar surface area (TPSA) is 37.3 Å². The van der Waals surface area contributed by atoms with Crippen molar-refractivity contribution >= 4 is 5.97 Å². The summed E-state index contributed by atoms with van der Waals surface area (Å²) in [6.07, 6.45) is -2.71. The smallest absolute Gasteiger partial charge is 0.416 e. The molecule has 1 aromatic rings. The molecule has 0 fully saturated rings. The second-order valence-corrected chi connectivity index (χ2v) is 4.77. The minimum Gasteiger partial charge on any atom is -0.478 e. The number of allylic oxidation sites excluding steroid dienone is 3. The number of alkyl halides is 3. The number of halogens is 3. The molecule has 2 unspecified atom stereocenters. The van der Waals surface area contributed by atoms with Gasteiger partial charge in [0.05, 0.1) is 5.57 Å². The Labute approximate surface area is 114 Å². The van der Waals surface area contributed by atoms with Gasteiger partial charge in [0.25, 0.3) is 0 Å². The Kier molecular flexibility index (Phi) is 3.70. The summed E-state index contributed by atoms with van der Waals surface area (Å²) in [5, 5.41) is 9.21. The highest BCUT2D eigenvalue weighted by Crippen LogP contribution is 2.41. The molecular weight excluding hydrogens is 269 g/mol. The molecule has 0 amide bonds. The highest BCUT2D eigenvalue weighted by molar-refractivity contribution is 5.90. The summed E-state index contributed by atoms with van der Waals surface area (Å²) in [4.78, 5) is 11.3. The van der Waals surface area contributed by atoms with Gasteiger partial charge in [0.2, 0.25) is 0 Å². The van der Waals surface area contributed by atoms with E-state index in [1.54, 1.807) is 37.3 Å². The molecule has 2 atom stereocenters. The van der Waals surface area contributed by atoms with E-state index in [0.717, 1.165) is 12.2 Å². The van der Waals surface area contributed by atoms with Crippen LogP contribution in [0.3, 0.4) is 0 Å². The number of rotatable bonds is 2. The van der Waals surface area contributed by atoms with Crippen LogP contribution >= 0.6 is 0 Å². The summed E-state index contributed by atoms with van der Waals surface area (Å²) in [7, 11) is 0. The lowest BCUT2D eigenvalue weighted by Gasteiger charge is -2.28. The van der Waals surface area contributed by atoms with Crippen molar-refractivity contribution in [1.29, 1.82) is 0 Å². The van der Waals surface area contributed by atoms with Gasteiger partial charge in [-0.05, 0) is 17.6 Å². The molecule has 20 heavy (non-hydrogen) atoms. The Morgan fingerprint density at radius 1 is 1.20 bits per heavy atom. The van der Waals surface area contributed by atoms with Gasteiger partial charge in [-0.1, -0.05) is 43.3 Å². The summed E-state index contributed by atoms with van der Waals surface area (Å²) >= 11 is 0. The third-order valence-electron chi connectivity index (χ3n) is 3.35. The van der Waals surface area contributed by atoms with Gasteiger partial charge in [-0.3, -0.25) is 0 Å². The summed E-state index contributed by atoms with van der Waals surface area (Å²) in [6, 6.07) is 8.71. The molecular formula is C15H13F3O2. The maximum Gasteiger partial charge on any atom is 0.416 e. The molecule has 2 rings (SSSR count). The van der Waals surface area contributed by atoms with E-state index in [4.69, 9.17) is 0 Å². The number of carbonyl (C=O) groups is 1. The predicted octanol–water partition coefficient (Wildman–Crippen LogP) is 3.92. The van der Waals surface area contributed by atoms with Crippen LogP contribution in [-0.2, 0) is 4.79 Å². The van der Waals surface area contributed by atoms with E-state index >= 15 is 0 Å². The Hall–Kier alpha value is -2.04. The fourth-order valence-corrected chi connectivity index (χ4v) is 2.48. The molecule has 0 aromatic heterocycles. The van der Waals surface area contributed by atoms with E-state index in [2.05, 4.69) is 0 Å². The lowest BCUT2D eigenvalue weighted by atomic mass is 9.76. The van der Waals surface area contributed by atoms with Crippen molar-refractivity contribution in [2.75, 3.05) is 0 Å². The van der Waals surface area contributed by atoms with Crippen molar-refractivity contribution in [1.82, 2.24) is 0 Å². The molecule has 0 saturated carbocycles. The van der Waals surface area contributed by atoms with Crippen molar-refractivity contribution in [2.45, 2.75) is 19.0 Å². The lowest BCUT2D eigenvalue weighted by Crippen LogP contribution is -2.24. The van der Waals surface area contributed by atoms with E-state index in [1.165, 1.54) is 0 Å². The molecule has 2 nitrogen and oxygen atoms in total. The van der Waals surface area contributed by atoms with Crippen molar-refractivity contribution in [3.63, 3.8) is 0 Å². The highest BCUT2D eigenvalue weighted by Gasteiger charge is 2.39. The van der Waals surface area contributed by atoms with Crippen molar-refractivity contribution in [3.05, 3.63) is 59.2 Å². The Balaban J connectivity index is 2.49. The van der Waals surface area contributed by atoms with E-state index in [0.29, 0.717) is 5.56 Å². The summed E-state index contributed by atoms with van der Waals surface area (Å²) in [5.74, 6) is -2.43. The van der Waals surface area contributed by atoms with Crippen LogP contribution < -0.4 is 0 Å². The zero-order chi connectivity index (χ0) is 14.9. The van der Waals surface area contributed by atoms with Crippen molar-refractivity contribution < 1.29 is 23.1 Å². The first-order valence-corrected chi connectivity index (χ1v) is 6.09. The first-order chi connectivity index (χ1) is 9.30.